The van der Waals surface area contributed by atoms with Gasteiger partial charge in [-0.2, -0.15) is 0 Å². The first-order valence-electron chi connectivity index (χ1n) is 11.3. The van der Waals surface area contributed by atoms with Gasteiger partial charge in [0.05, 0.1) is 6.61 Å². The van der Waals surface area contributed by atoms with Crippen molar-refractivity contribution in [1.82, 2.24) is 19.9 Å². The molecule has 2 aromatic heterocycles. The number of carbonyl (C=O) groups excluding carboxylic acids is 2. The highest BCUT2D eigenvalue weighted by atomic mass is 32.2. The van der Waals surface area contributed by atoms with Crippen LogP contribution in [0.2, 0.25) is 0 Å². The molecule has 0 unspecified atom stereocenters. The summed E-state index contributed by atoms with van der Waals surface area (Å²) >= 11 is 1.30. The van der Waals surface area contributed by atoms with Gasteiger partial charge in [-0.25, -0.2) is 28.9 Å². The number of benzene rings is 1. The second-order valence-electron chi connectivity index (χ2n) is 7.71. The van der Waals surface area contributed by atoms with Crippen molar-refractivity contribution in [2.45, 2.75) is 24.9 Å². The first kappa shape index (κ1) is 25.2. The van der Waals surface area contributed by atoms with Crippen LogP contribution in [-0.4, -0.2) is 57.8 Å². The minimum atomic E-state index is -0.642. The van der Waals surface area contributed by atoms with Gasteiger partial charge in [0.15, 0.2) is 16.7 Å². The molecule has 3 heterocycles. The number of thioether (sulfide) groups is 1. The number of nitrogens with zero attached hydrogens (tertiary/aromatic N) is 4. The van der Waals surface area contributed by atoms with Crippen LogP contribution in [0.4, 0.5) is 26.5 Å². The third kappa shape index (κ3) is 6.19. The molecule has 12 heteroatoms. The van der Waals surface area contributed by atoms with Crippen molar-refractivity contribution < 1.29 is 23.5 Å². The van der Waals surface area contributed by atoms with Gasteiger partial charge in [-0.3, -0.25) is 5.32 Å². The molecule has 1 aliphatic rings. The van der Waals surface area contributed by atoms with E-state index in [0.29, 0.717) is 35.5 Å². The molecule has 0 bridgehead atoms. The van der Waals surface area contributed by atoms with Crippen molar-refractivity contribution in [3.63, 3.8) is 0 Å². The van der Waals surface area contributed by atoms with Crippen LogP contribution in [0.3, 0.4) is 0 Å². The molecular weight excluding hydrogens is 487 g/mol. The summed E-state index contributed by atoms with van der Waals surface area (Å²) in [4.78, 5) is 38.8. The quantitative estimate of drug-likeness (QED) is 0.242. The molecule has 36 heavy (non-hydrogen) atoms. The zero-order chi connectivity index (χ0) is 25.5. The Kier molecular flexibility index (Phi) is 8.16. The summed E-state index contributed by atoms with van der Waals surface area (Å²) in [7, 11) is 0. The van der Waals surface area contributed by atoms with Gasteiger partial charge in [0.25, 0.3) is 0 Å². The predicted molar refractivity (Wildman–Crippen MR) is 134 cm³/mol. The van der Waals surface area contributed by atoms with E-state index in [4.69, 9.17) is 9.47 Å². The second kappa shape index (κ2) is 11.7. The number of rotatable bonds is 8. The molecule has 3 aromatic rings. The summed E-state index contributed by atoms with van der Waals surface area (Å²) in [5.74, 6) is -0.431. The van der Waals surface area contributed by atoms with E-state index in [-0.39, 0.29) is 29.8 Å². The van der Waals surface area contributed by atoms with E-state index in [1.54, 1.807) is 30.2 Å². The van der Waals surface area contributed by atoms with Gasteiger partial charge in [0, 0.05) is 43.3 Å². The van der Waals surface area contributed by atoms with Crippen LogP contribution >= 0.6 is 11.8 Å². The van der Waals surface area contributed by atoms with Crippen molar-refractivity contribution in [3.05, 3.63) is 54.1 Å². The average Bonchev–Trinajstić information content (AvgIpc) is 3.41. The molecule has 0 atom stereocenters. The fourth-order valence-corrected chi connectivity index (χ4v) is 3.84. The summed E-state index contributed by atoms with van der Waals surface area (Å²) in [6, 6.07) is 7.12. The third-order valence-corrected chi connectivity index (χ3v) is 5.79. The number of halogens is 1. The number of carbonyl (C=O) groups is 2. The lowest BCUT2D eigenvalue weighted by Gasteiger charge is -2.16. The van der Waals surface area contributed by atoms with E-state index in [1.807, 2.05) is 0 Å². The maximum absolute atomic E-state index is 14.9. The molecule has 4 rings (SSSR count). The fraction of sp³-hybridized carbons (Fsp3) is 0.292. The number of urea groups is 1. The van der Waals surface area contributed by atoms with Crippen molar-refractivity contribution in [2.75, 3.05) is 36.6 Å². The van der Waals surface area contributed by atoms with Gasteiger partial charge >= 0.3 is 12.0 Å². The summed E-state index contributed by atoms with van der Waals surface area (Å²) in [6.07, 6.45) is 6.61. The molecule has 0 radical (unpaired) electrons. The number of nitrogens with one attached hydrogen (secondary N) is 2. The number of esters is 1. The Morgan fingerprint density at radius 2 is 1.97 bits per heavy atom. The van der Waals surface area contributed by atoms with Crippen LogP contribution in [0.1, 0.15) is 30.1 Å². The molecular formula is C24H25FN6O4S. The molecule has 188 valence electrons. The van der Waals surface area contributed by atoms with Gasteiger partial charge in [0.1, 0.15) is 22.9 Å². The van der Waals surface area contributed by atoms with Crippen molar-refractivity contribution >= 4 is 41.1 Å². The number of hydrogen-bond acceptors (Lipinski definition) is 9. The molecule has 0 saturated carbocycles. The van der Waals surface area contributed by atoms with E-state index >= 15 is 0 Å². The van der Waals surface area contributed by atoms with Crippen LogP contribution in [0.15, 0.2) is 47.9 Å². The Morgan fingerprint density at radius 1 is 1.17 bits per heavy atom. The fourth-order valence-electron chi connectivity index (χ4n) is 3.49. The highest BCUT2D eigenvalue weighted by Gasteiger charge is 2.19. The minimum absolute atomic E-state index is 0.0262. The van der Waals surface area contributed by atoms with Gasteiger partial charge < -0.3 is 19.7 Å². The summed E-state index contributed by atoms with van der Waals surface area (Å²) in [5, 5.41) is 6.13. The Labute approximate surface area is 211 Å². The van der Waals surface area contributed by atoms with E-state index in [2.05, 4.69) is 25.6 Å². The maximum atomic E-state index is 14.9. The van der Waals surface area contributed by atoms with Gasteiger partial charge in [-0.05, 0) is 44.2 Å². The number of pyridine rings is 1. The van der Waals surface area contributed by atoms with Crippen LogP contribution < -0.4 is 15.4 Å². The Balaban J connectivity index is 1.47. The molecule has 2 N–H and O–H groups in total. The standard InChI is InChI=1S/C24H25FN6O4S/c1-3-34-22(32)17-14-27-23(36-2)30-21(17)28-15-6-7-19(18(25)12-15)35-16-8-9-26-20(13-16)29-24(33)31-10-4-5-11-31/h6-9,12-14H,3-5,10-11H2,1-2H3,(H,26,29,33)(H,27,28,30). The predicted octanol–water partition coefficient (Wildman–Crippen LogP) is 5.07. The smallest absolute Gasteiger partial charge is 0.343 e. The molecule has 10 nitrogen and oxygen atoms in total. The van der Waals surface area contributed by atoms with Crippen LogP contribution in [0.5, 0.6) is 11.5 Å². The molecule has 0 aliphatic carbocycles. The van der Waals surface area contributed by atoms with Crippen LogP contribution in [0, 0.1) is 5.82 Å². The van der Waals surface area contributed by atoms with Crippen LogP contribution in [-0.2, 0) is 4.74 Å². The van der Waals surface area contributed by atoms with E-state index in [0.717, 1.165) is 12.8 Å². The first-order chi connectivity index (χ1) is 17.5. The lowest BCUT2D eigenvalue weighted by atomic mass is 10.2. The highest BCUT2D eigenvalue weighted by Crippen LogP contribution is 2.29. The van der Waals surface area contributed by atoms with E-state index < -0.39 is 11.8 Å². The first-order valence-corrected chi connectivity index (χ1v) is 12.5. The topological polar surface area (TPSA) is 119 Å². The lowest BCUT2D eigenvalue weighted by Crippen LogP contribution is -2.32. The summed E-state index contributed by atoms with van der Waals surface area (Å²) in [6.45, 7) is 3.32. The van der Waals surface area contributed by atoms with E-state index in [9.17, 15) is 14.0 Å². The van der Waals surface area contributed by atoms with Crippen LogP contribution in [0.25, 0.3) is 0 Å². The molecule has 1 aliphatic heterocycles. The number of likely N-dealkylation sites (tertiary alicyclic amines) is 1. The molecule has 1 fully saturated rings. The summed E-state index contributed by atoms with van der Waals surface area (Å²) in [5.41, 5.74) is 0.486. The number of aromatic nitrogens is 3. The molecule has 1 aromatic carbocycles. The number of hydrogen-bond donors (Lipinski definition) is 2. The monoisotopic (exact) mass is 512 g/mol. The molecule has 0 spiro atoms. The Morgan fingerprint density at radius 3 is 2.69 bits per heavy atom. The number of anilines is 3. The average molecular weight is 513 g/mol. The van der Waals surface area contributed by atoms with Gasteiger partial charge in [0.2, 0.25) is 0 Å². The van der Waals surface area contributed by atoms with Crippen molar-refractivity contribution in [3.8, 4) is 11.5 Å². The minimum Gasteiger partial charge on any atom is -0.462 e. The third-order valence-electron chi connectivity index (χ3n) is 5.23. The SMILES string of the molecule is CCOC(=O)c1cnc(SC)nc1Nc1ccc(Oc2ccnc(NC(=O)N3CCCC3)c2)c(F)c1. The lowest BCUT2D eigenvalue weighted by molar-refractivity contribution is 0.0526. The number of ether oxygens (including phenoxy) is 2. The van der Waals surface area contributed by atoms with Gasteiger partial charge in [-0.15, -0.1) is 0 Å². The zero-order valence-corrected chi connectivity index (χ0v) is 20.6. The zero-order valence-electron chi connectivity index (χ0n) is 19.8. The van der Waals surface area contributed by atoms with E-state index in [1.165, 1.54) is 42.4 Å². The molecule has 2 amide bonds. The normalized spacial score (nSPS) is 12.8. The van der Waals surface area contributed by atoms with Crippen molar-refractivity contribution in [2.24, 2.45) is 0 Å². The number of amides is 2. The Bertz CT molecular complexity index is 1260. The molecule has 1 saturated heterocycles. The van der Waals surface area contributed by atoms with Gasteiger partial charge in [-0.1, -0.05) is 11.8 Å². The van der Waals surface area contributed by atoms with Crippen molar-refractivity contribution in [1.29, 1.82) is 0 Å². The maximum Gasteiger partial charge on any atom is 0.343 e. The summed E-state index contributed by atoms with van der Waals surface area (Å²) < 4.78 is 25.6. The largest absolute Gasteiger partial charge is 0.462 e. The Hall–Kier alpha value is -3.93. The highest BCUT2D eigenvalue weighted by molar-refractivity contribution is 7.98. The second-order valence-corrected chi connectivity index (χ2v) is 8.49.